The van der Waals surface area contributed by atoms with Gasteiger partial charge >= 0.3 is 0 Å². The maximum atomic E-state index is 13.4. The van der Waals surface area contributed by atoms with E-state index in [0.717, 1.165) is 17.7 Å². The van der Waals surface area contributed by atoms with Crippen molar-refractivity contribution in [2.45, 2.75) is 72.0 Å². The van der Waals surface area contributed by atoms with Crippen LogP contribution in [0.15, 0.2) is 48.7 Å². The Labute approximate surface area is 226 Å². The summed E-state index contributed by atoms with van der Waals surface area (Å²) >= 11 is 1.51. The van der Waals surface area contributed by atoms with Crippen LogP contribution in [0.25, 0.3) is 0 Å². The Hall–Kier alpha value is -2.74. The van der Waals surface area contributed by atoms with Gasteiger partial charge in [-0.1, -0.05) is 71.5 Å². The number of amides is 3. The minimum atomic E-state index is -0.689. The third kappa shape index (κ3) is 10.3. The molecule has 2 rings (SSSR count). The molecule has 0 fully saturated rings. The average molecular weight is 529 g/mol. The summed E-state index contributed by atoms with van der Waals surface area (Å²) in [5.41, 5.74) is 3.21. The Kier molecular flexibility index (Phi) is 12.2. The van der Waals surface area contributed by atoms with Crippen LogP contribution in [-0.4, -0.2) is 53.9 Å². The van der Waals surface area contributed by atoms with Crippen LogP contribution < -0.4 is 21.3 Å². The highest BCUT2D eigenvalue weighted by Crippen LogP contribution is 2.23. The number of carbonyl (C=O) groups excluding carboxylic acids is 3. The molecular weight excluding hydrogens is 484 g/mol. The molecule has 1 heterocycles. The number of benzene rings is 1. The lowest BCUT2D eigenvalue weighted by molar-refractivity contribution is -0.130. The molecule has 0 radical (unpaired) electrons. The smallest absolute Gasteiger partial charge is 0.243 e. The maximum Gasteiger partial charge on any atom is 0.243 e. The molecule has 1 aromatic rings. The van der Waals surface area contributed by atoms with E-state index in [0.29, 0.717) is 24.0 Å². The summed E-state index contributed by atoms with van der Waals surface area (Å²) in [6.07, 6.45) is 4.11. The number of rotatable bonds is 9. The fraction of sp³-hybridized carbons (Fsp3) is 0.552. The Balaban J connectivity index is 2.07. The third-order valence-electron chi connectivity index (χ3n) is 6.31. The molecule has 0 aromatic heterocycles. The molecule has 4 atom stereocenters. The molecule has 0 saturated heterocycles. The van der Waals surface area contributed by atoms with Gasteiger partial charge in [-0.15, -0.1) is 0 Å². The maximum absolute atomic E-state index is 13.4. The lowest BCUT2D eigenvalue weighted by atomic mass is 9.94. The fourth-order valence-corrected chi connectivity index (χ4v) is 4.91. The average Bonchev–Trinajstić information content (AvgIpc) is 2.83. The van der Waals surface area contributed by atoms with Gasteiger partial charge in [0, 0.05) is 41.8 Å². The molecule has 0 spiro atoms. The van der Waals surface area contributed by atoms with E-state index < -0.39 is 12.1 Å². The van der Waals surface area contributed by atoms with Crippen molar-refractivity contribution >= 4 is 29.5 Å². The SMILES string of the molecule is C=C(NC(C(=O)N[C@H]1CSCCNC(=O)/C=C/[C@H](C)NC1=O)C(C)C)[C@@H](C)c1ccc(CC(C)C)cc1. The molecule has 204 valence electrons. The van der Waals surface area contributed by atoms with Crippen LogP contribution in [0.3, 0.4) is 0 Å². The molecule has 0 bridgehead atoms. The fourth-order valence-electron chi connectivity index (χ4n) is 4.03. The van der Waals surface area contributed by atoms with Crippen LogP contribution in [0.2, 0.25) is 0 Å². The zero-order valence-corrected chi connectivity index (χ0v) is 23.9. The van der Waals surface area contributed by atoms with Crippen molar-refractivity contribution < 1.29 is 14.4 Å². The summed E-state index contributed by atoms with van der Waals surface area (Å²) in [5.74, 6) is 0.974. The standard InChI is InChI=1S/C29H44N4O3S/c1-18(2)16-23-9-11-24(12-10-23)21(6)22(7)32-27(19(3)4)29(36)33-25-17-37-15-14-30-26(34)13-8-20(5)31-28(25)35/h8-13,18-21,25,27,32H,7,14-17H2,1-6H3,(H,30,34)(H,31,35)(H,33,36)/b13-8+/t20-,21+,25-,27?/m0/s1. The second kappa shape index (κ2) is 14.9. The second-order valence-electron chi connectivity index (χ2n) is 10.5. The van der Waals surface area contributed by atoms with E-state index in [2.05, 4.69) is 72.9 Å². The zero-order valence-electron chi connectivity index (χ0n) is 23.1. The quantitative estimate of drug-likeness (QED) is 0.393. The van der Waals surface area contributed by atoms with Gasteiger partial charge in [0.15, 0.2) is 0 Å². The van der Waals surface area contributed by atoms with Crippen LogP contribution >= 0.6 is 11.8 Å². The van der Waals surface area contributed by atoms with E-state index >= 15 is 0 Å². The van der Waals surface area contributed by atoms with Gasteiger partial charge in [0.2, 0.25) is 17.7 Å². The summed E-state index contributed by atoms with van der Waals surface area (Å²) in [7, 11) is 0. The Morgan fingerprint density at radius 1 is 1.14 bits per heavy atom. The van der Waals surface area contributed by atoms with Crippen molar-refractivity contribution in [2.75, 3.05) is 18.1 Å². The van der Waals surface area contributed by atoms with Crippen LogP contribution in [0.4, 0.5) is 0 Å². The first-order valence-corrected chi connectivity index (χ1v) is 14.3. The normalized spacial score (nSPS) is 21.6. The van der Waals surface area contributed by atoms with E-state index in [9.17, 15) is 14.4 Å². The van der Waals surface area contributed by atoms with E-state index in [1.54, 1.807) is 13.0 Å². The predicted octanol–water partition coefficient (Wildman–Crippen LogP) is 3.53. The van der Waals surface area contributed by atoms with E-state index in [4.69, 9.17) is 0 Å². The molecule has 3 amide bonds. The second-order valence-corrected chi connectivity index (χ2v) is 11.7. The van der Waals surface area contributed by atoms with Gasteiger partial charge in [-0.2, -0.15) is 11.8 Å². The number of hydrogen-bond donors (Lipinski definition) is 4. The molecular formula is C29H44N4O3S. The van der Waals surface area contributed by atoms with Gasteiger partial charge in [-0.3, -0.25) is 14.4 Å². The number of allylic oxidation sites excluding steroid dienone is 1. The van der Waals surface area contributed by atoms with Gasteiger partial charge < -0.3 is 21.3 Å². The zero-order chi connectivity index (χ0) is 27.5. The van der Waals surface area contributed by atoms with Crippen molar-refractivity contribution in [3.63, 3.8) is 0 Å². The summed E-state index contributed by atoms with van der Waals surface area (Å²) in [4.78, 5) is 38.1. The van der Waals surface area contributed by atoms with Crippen molar-refractivity contribution in [1.82, 2.24) is 21.3 Å². The molecule has 8 heteroatoms. The highest BCUT2D eigenvalue weighted by molar-refractivity contribution is 7.99. The summed E-state index contributed by atoms with van der Waals surface area (Å²) < 4.78 is 0. The van der Waals surface area contributed by atoms with Gasteiger partial charge in [0.1, 0.15) is 12.1 Å². The summed E-state index contributed by atoms with van der Waals surface area (Å²) in [5, 5.41) is 12.0. The number of carbonyl (C=O) groups is 3. The summed E-state index contributed by atoms with van der Waals surface area (Å²) in [6.45, 7) is 17.0. The van der Waals surface area contributed by atoms with Crippen molar-refractivity contribution in [2.24, 2.45) is 11.8 Å². The van der Waals surface area contributed by atoms with E-state index in [1.165, 1.54) is 23.4 Å². The highest BCUT2D eigenvalue weighted by Gasteiger charge is 2.29. The van der Waals surface area contributed by atoms with Gasteiger partial charge in [0.05, 0.1) is 0 Å². The molecule has 0 saturated carbocycles. The molecule has 1 aliphatic heterocycles. The van der Waals surface area contributed by atoms with Gasteiger partial charge in [0.25, 0.3) is 0 Å². The minimum Gasteiger partial charge on any atom is -0.377 e. The predicted molar refractivity (Wildman–Crippen MR) is 153 cm³/mol. The first-order chi connectivity index (χ1) is 17.5. The van der Waals surface area contributed by atoms with E-state index in [-0.39, 0.29) is 35.6 Å². The van der Waals surface area contributed by atoms with Crippen molar-refractivity contribution in [3.05, 3.63) is 59.8 Å². The molecule has 1 unspecified atom stereocenters. The topological polar surface area (TPSA) is 99.3 Å². The largest absolute Gasteiger partial charge is 0.377 e. The summed E-state index contributed by atoms with van der Waals surface area (Å²) in [6, 6.07) is 7.01. The lowest BCUT2D eigenvalue weighted by Crippen LogP contribution is -2.56. The van der Waals surface area contributed by atoms with Crippen molar-refractivity contribution in [1.29, 1.82) is 0 Å². The molecule has 7 nitrogen and oxygen atoms in total. The third-order valence-corrected chi connectivity index (χ3v) is 7.37. The van der Waals surface area contributed by atoms with E-state index in [1.807, 2.05) is 13.8 Å². The number of thioether (sulfide) groups is 1. The number of hydrogen-bond acceptors (Lipinski definition) is 5. The monoisotopic (exact) mass is 528 g/mol. The Morgan fingerprint density at radius 3 is 2.43 bits per heavy atom. The highest BCUT2D eigenvalue weighted by atomic mass is 32.2. The number of nitrogens with one attached hydrogen (secondary N) is 4. The molecule has 4 N–H and O–H groups in total. The lowest BCUT2D eigenvalue weighted by Gasteiger charge is -2.29. The van der Waals surface area contributed by atoms with Crippen LogP contribution in [0.5, 0.6) is 0 Å². The first kappa shape index (κ1) is 30.5. The Morgan fingerprint density at radius 2 is 1.81 bits per heavy atom. The molecule has 1 aliphatic rings. The first-order valence-electron chi connectivity index (χ1n) is 13.2. The molecule has 1 aromatic carbocycles. The van der Waals surface area contributed by atoms with Gasteiger partial charge in [-0.05, 0) is 36.3 Å². The van der Waals surface area contributed by atoms with Crippen LogP contribution in [-0.2, 0) is 20.8 Å². The van der Waals surface area contributed by atoms with Crippen LogP contribution in [0.1, 0.15) is 58.6 Å². The van der Waals surface area contributed by atoms with Gasteiger partial charge in [-0.25, -0.2) is 0 Å². The molecule has 37 heavy (non-hydrogen) atoms. The Bertz CT molecular complexity index is 958. The van der Waals surface area contributed by atoms with Crippen molar-refractivity contribution in [3.8, 4) is 0 Å². The minimum absolute atomic E-state index is 0.0172. The van der Waals surface area contributed by atoms with Crippen LogP contribution in [0, 0.1) is 11.8 Å². The molecule has 0 aliphatic carbocycles.